The van der Waals surface area contributed by atoms with Crippen LogP contribution < -0.4 is 10.6 Å². The number of rotatable bonds is 5. The number of nitrogens with one attached hydrogen (secondary N) is 2. The smallest absolute Gasteiger partial charge is 0.319 e. The molecule has 0 radical (unpaired) electrons. The number of benzene rings is 1. The Morgan fingerprint density at radius 3 is 2.65 bits per heavy atom. The Hall–Kier alpha value is -1.02. The molecule has 94 valence electrons. The zero-order valence-corrected chi connectivity index (χ0v) is 10.9. The average Bonchev–Trinajstić information content (AvgIpc) is 2.29. The van der Waals surface area contributed by atoms with Gasteiger partial charge in [-0.3, -0.25) is 5.26 Å². The Morgan fingerprint density at radius 1 is 1.47 bits per heavy atom. The zero-order chi connectivity index (χ0) is 12.7. The molecule has 0 aromatic heterocycles. The number of urea groups is 1. The van der Waals surface area contributed by atoms with Gasteiger partial charge in [0.2, 0.25) is 0 Å². The summed E-state index contributed by atoms with van der Waals surface area (Å²) in [6, 6.07) is 6.69. The molecule has 1 atom stereocenters. The SMILES string of the molecule is CS(=S)CNC(=O)Nc1ccc(COO)cc1. The van der Waals surface area contributed by atoms with Gasteiger partial charge in [0.05, 0.1) is 5.88 Å². The van der Waals surface area contributed by atoms with Crippen LogP contribution in [0.5, 0.6) is 0 Å². The van der Waals surface area contributed by atoms with E-state index in [1.54, 1.807) is 24.3 Å². The van der Waals surface area contributed by atoms with Crippen LogP contribution in [0.15, 0.2) is 24.3 Å². The lowest BCUT2D eigenvalue weighted by molar-refractivity contribution is -0.253. The first-order valence-electron chi connectivity index (χ1n) is 4.82. The predicted octanol–water partition coefficient (Wildman–Crippen LogP) is 1.47. The van der Waals surface area contributed by atoms with Gasteiger partial charge in [0, 0.05) is 5.69 Å². The van der Waals surface area contributed by atoms with E-state index in [1.165, 1.54) is 0 Å². The van der Waals surface area contributed by atoms with Gasteiger partial charge < -0.3 is 10.6 Å². The largest absolute Gasteiger partial charge is 0.329 e. The van der Waals surface area contributed by atoms with Crippen molar-refractivity contribution in [1.82, 2.24) is 5.32 Å². The van der Waals surface area contributed by atoms with E-state index >= 15 is 0 Å². The molecule has 0 spiro atoms. The lowest BCUT2D eigenvalue weighted by Crippen LogP contribution is -2.30. The molecule has 3 N–H and O–H groups in total. The van der Waals surface area contributed by atoms with E-state index in [9.17, 15) is 4.79 Å². The van der Waals surface area contributed by atoms with E-state index in [1.807, 2.05) is 6.26 Å². The van der Waals surface area contributed by atoms with Crippen LogP contribution in [0.4, 0.5) is 10.5 Å². The summed E-state index contributed by atoms with van der Waals surface area (Å²) in [5.74, 6) is 0.484. The van der Waals surface area contributed by atoms with Crippen LogP contribution in [0.2, 0.25) is 0 Å². The topological polar surface area (TPSA) is 70.6 Å². The van der Waals surface area contributed by atoms with Gasteiger partial charge in [0.25, 0.3) is 0 Å². The second-order valence-electron chi connectivity index (χ2n) is 3.32. The van der Waals surface area contributed by atoms with E-state index in [0.717, 1.165) is 5.56 Å². The summed E-state index contributed by atoms with van der Waals surface area (Å²) in [7, 11) is -0.233. The Balaban J connectivity index is 2.45. The minimum absolute atomic E-state index is 0.126. The van der Waals surface area contributed by atoms with Crippen LogP contribution in [-0.4, -0.2) is 23.4 Å². The van der Waals surface area contributed by atoms with Gasteiger partial charge in [-0.15, -0.1) is 9.45 Å². The van der Waals surface area contributed by atoms with Crippen LogP contribution >= 0.6 is 0 Å². The third-order valence-electron chi connectivity index (χ3n) is 1.88. The highest BCUT2D eigenvalue weighted by Crippen LogP contribution is 2.09. The van der Waals surface area contributed by atoms with Crippen molar-refractivity contribution in [3.8, 4) is 0 Å². The van der Waals surface area contributed by atoms with Crippen molar-refractivity contribution in [2.24, 2.45) is 0 Å². The summed E-state index contributed by atoms with van der Waals surface area (Å²) in [6.45, 7) is 0.126. The van der Waals surface area contributed by atoms with Crippen molar-refractivity contribution in [1.29, 1.82) is 0 Å². The number of carbonyl (C=O) groups excluding carboxylic acids is 1. The zero-order valence-electron chi connectivity index (χ0n) is 9.30. The summed E-state index contributed by atoms with van der Waals surface area (Å²) in [5.41, 5.74) is 1.49. The van der Waals surface area contributed by atoms with Crippen molar-refractivity contribution in [2.75, 3.05) is 17.4 Å². The first-order chi connectivity index (χ1) is 8.11. The van der Waals surface area contributed by atoms with E-state index in [-0.39, 0.29) is 22.1 Å². The molecule has 1 aromatic carbocycles. The number of hydrogen-bond acceptors (Lipinski definition) is 4. The van der Waals surface area contributed by atoms with E-state index in [2.05, 4.69) is 15.5 Å². The van der Waals surface area contributed by atoms with Crippen molar-refractivity contribution in [3.63, 3.8) is 0 Å². The van der Waals surface area contributed by atoms with Crippen LogP contribution in [0.1, 0.15) is 5.56 Å². The normalized spacial score (nSPS) is 11.9. The highest BCUT2D eigenvalue weighted by atomic mass is 32.8. The number of hydrogen-bond donors (Lipinski definition) is 3. The predicted molar refractivity (Wildman–Crippen MR) is 71.5 cm³/mol. The summed E-state index contributed by atoms with van der Waals surface area (Å²) in [6.07, 6.45) is 1.87. The van der Waals surface area contributed by atoms with Gasteiger partial charge in [0.1, 0.15) is 6.61 Å². The number of carbonyl (C=O) groups is 1. The van der Waals surface area contributed by atoms with E-state index < -0.39 is 0 Å². The molecule has 0 fully saturated rings. The highest BCUT2D eigenvalue weighted by molar-refractivity contribution is 8.28. The monoisotopic (exact) mass is 274 g/mol. The van der Waals surface area contributed by atoms with Gasteiger partial charge in [-0.05, 0) is 24.0 Å². The van der Waals surface area contributed by atoms with Crippen LogP contribution in [0, 0.1) is 0 Å². The van der Waals surface area contributed by atoms with Crippen molar-refractivity contribution in [2.45, 2.75) is 6.61 Å². The molecule has 1 unspecified atom stereocenters. The summed E-state index contributed by atoms with van der Waals surface area (Å²) >= 11 is 4.96. The quantitative estimate of drug-likeness (QED) is 0.561. The van der Waals surface area contributed by atoms with Crippen molar-refractivity contribution in [3.05, 3.63) is 29.8 Å². The minimum Gasteiger partial charge on any atom is -0.329 e. The maximum atomic E-state index is 11.4. The van der Waals surface area contributed by atoms with Crippen molar-refractivity contribution >= 4 is 32.4 Å². The average molecular weight is 274 g/mol. The Kier molecular flexibility index (Phi) is 6.06. The minimum atomic E-state index is -0.277. The second kappa shape index (κ2) is 7.33. The van der Waals surface area contributed by atoms with Gasteiger partial charge in [0.15, 0.2) is 0 Å². The Labute approximate surface area is 107 Å². The van der Waals surface area contributed by atoms with Gasteiger partial charge in [-0.25, -0.2) is 9.68 Å². The fourth-order valence-electron chi connectivity index (χ4n) is 1.10. The first-order valence-corrected chi connectivity index (χ1v) is 7.54. The Bertz CT molecular complexity index is 395. The number of anilines is 1. The van der Waals surface area contributed by atoms with Gasteiger partial charge >= 0.3 is 6.03 Å². The molecule has 1 rings (SSSR count). The van der Waals surface area contributed by atoms with Crippen molar-refractivity contribution < 1.29 is 14.9 Å². The standard InChI is InChI=1S/C10H14N2O3S2/c1-17(16)7-11-10(13)12-9-4-2-8(3-5-9)6-15-14/h2-5,14H,6-7H2,1H3,(H2,11,12,13). The van der Waals surface area contributed by atoms with Crippen LogP contribution in [-0.2, 0) is 32.1 Å². The molecule has 0 bridgehead atoms. The lowest BCUT2D eigenvalue weighted by Gasteiger charge is -2.07. The third-order valence-corrected chi connectivity index (χ3v) is 2.78. The molecule has 0 saturated carbocycles. The second-order valence-corrected chi connectivity index (χ2v) is 6.46. The van der Waals surface area contributed by atoms with Gasteiger partial charge in [-0.1, -0.05) is 23.3 Å². The van der Waals surface area contributed by atoms with Crippen LogP contribution in [0.3, 0.4) is 0 Å². The molecule has 0 aliphatic rings. The van der Waals surface area contributed by atoms with E-state index in [4.69, 9.17) is 16.4 Å². The van der Waals surface area contributed by atoms with Crippen LogP contribution in [0.25, 0.3) is 0 Å². The van der Waals surface area contributed by atoms with E-state index in [0.29, 0.717) is 11.6 Å². The molecular formula is C10H14N2O3S2. The molecule has 2 amide bonds. The molecular weight excluding hydrogens is 260 g/mol. The Morgan fingerprint density at radius 2 is 2.12 bits per heavy atom. The molecule has 17 heavy (non-hydrogen) atoms. The molecule has 1 aromatic rings. The molecule has 5 nitrogen and oxygen atoms in total. The third kappa shape index (κ3) is 5.73. The maximum Gasteiger partial charge on any atom is 0.319 e. The first kappa shape index (κ1) is 14.0. The molecule has 0 saturated heterocycles. The molecule has 0 aliphatic carbocycles. The fraction of sp³-hybridized carbons (Fsp3) is 0.300. The molecule has 0 aliphatic heterocycles. The summed E-state index contributed by atoms with van der Waals surface area (Å²) in [4.78, 5) is 15.4. The summed E-state index contributed by atoms with van der Waals surface area (Å²) in [5, 5.41) is 13.6. The fourth-order valence-corrected chi connectivity index (χ4v) is 1.61. The lowest BCUT2D eigenvalue weighted by atomic mass is 10.2. The number of amides is 2. The molecule has 7 heteroatoms. The maximum absolute atomic E-state index is 11.4. The molecule has 0 heterocycles. The van der Waals surface area contributed by atoms with Gasteiger partial charge in [-0.2, -0.15) is 0 Å². The highest BCUT2D eigenvalue weighted by Gasteiger charge is 2.01. The summed E-state index contributed by atoms with van der Waals surface area (Å²) < 4.78 is 0.